The number of benzene rings is 4. The van der Waals surface area contributed by atoms with Gasteiger partial charge in [-0.05, 0) is 72.2 Å². The average Bonchev–Trinajstić information content (AvgIpc) is 2.85. The fraction of sp³-hybridized carbons (Fsp3) is 0.133. The van der Waals surface area contributed by atoms with Crippen LogP contribution in [0, 0.1) is 23.5 Å². The quantitative estimate of drug-likeness (QED) is 0.155. The van der Waals surface area contributed by atoms with Gasteiger partial charge in [0.15, 0.2) is 11.6 Å². The Morgan fingerprint density at radius 2 is 1.63 bits per heavy atom. The van der Waals surface area contributed by atoms with Gasteiger partial charge in [-0.2, -0.15) is 8.78 Å². The number of ether oxygens (including phenoxy) is 1. The summed E-state index contributed by atoms with van der Waals surface area (Å²) in [4.78, 5) is 0. The molecule has 0 N–H and O–H groups in total. The molecule has 0 unspecified atom stereocenters. The molecule has 176 valence electrons. The van der Waals surface area contributed by atoms with Crippen LogP contribution < -0.4 is 4.74 Å². The first kappa shape index (κ1) is 24.1. The molecule has 35 heavy (non-hydrogen) atoms. The third-order valence-electron chi connectivity index (χ3n) is 5.57. The summed E-state index contributed by atoms with van der Waals surface area (Å²) in [6.07, 6.45) is 6.18. The van der Waals surface area contributed by atoms with Crippen molar-refractivity contribution >= 4 is 10.8 Å². The summed E-state index contributed by atoms with van der Waals surface area (Å²) in [5, 5.41) is 1.16. The number of hydrogen-bond acceptors (Lipinski definition) is 1. The summed E-state index contributed by atoms with van der Waals surface area (Å²) < 4.78 is 57.6. The van der Waals surface area contributed by atoms with Crippen molar-refractivity contribution in [3.8, 4) is 28.7 Å². The van der Waals surface area contributed by atoms with E-state index in [2.05, 4.69) is 46.9 Å². The second-order valence-electron chi connectivity index (χ2n) is 7.94. The molecule has 1 nitrogen and oxygen atoms in total. The van der Waals surface area contributed by atoms with Gasteiger partial charge in [0, 0.05) is 10.9 Å². The zero-order chi connectivity index (χ0) is 24.8. The Morgan fingerprint density at radius 1 is 0.857 bits per heavy atom. The van der Waals surface area contributed by atoms with Crippen molar-refractivity contribution in [2.75, 3.05) is 0 Å². The van der Waals surface area contributed by atoms with Gasteiger partial charge in [-0.1, -0.05) is 66.5 Å². The molecular weight excluding hydrogens is 452 g/mol. The van der Waals surface area contributed by atoms with E-state index in [1.54, 1.807) is 18.2 Å². The SMILES string of the molecule is C/C=C/CCc1ccc(-c2ccc3c(F)c(C#Cc4ccc(OC(F)F)c(F)c4)ccc3c2)cc1. The highest BCUT2D eigenvalue weighted by molar-refractivity contribution is 5.89. The molecule has 0 aromatic heterocycles. The fourth-order valence-electron chi connectivity index (χ4n) is 3.76. The third kappa shape index (κ3) is 5.91. The van der Waals surface area contributed by atoms with E-state index in [9.17, 15) is 13.2 Å². The lowest BCUT2D eigenvalue weighted by Crippen LogP contribution is -2.03. The number of halogens is 4. The van der Waals surface area contributed by atoms with E-state index in [-0.39, 0.29) is 11.1 Å². The van der Waals surface area contributed by atoms with Gasteiger partial charge in [0.05, 0.1) is 5.56 Å². The zero-order valence-corrected chi connectivity index (χ0v) is 19.0. The monoisotopic (exact) mass is 474 g/mol. The minimum Gasteiger partial charge on any atom is -0.432 e. The van der Waals surface area contributed by atoms with Crippen LogP contribution in [0.1, 0.15) is 30.0 Å². The van der Waals surface area contributed by atoms with Crippen LogP contribution in [0.3, 0.4) is 0 Å². The van der Waals surface area contributed by atoms with Crippen molar-refractivity contribution < 1.29 is 22.3 Å². The topological polar surface area (TPSA) is 9.23 Å². The fourth-order valence-corrected chi connectivity index (χ4v) is 3.76. The molecular formula is C30H22F4O. The van der Waals surface area contributed by atoms with Crippen LogP contribution in [0.2, 0.25) is 0 Å². The Hall–Kier alpha value is -4.04. The van der Waals surface area contributed by atoms with E-state index >= 15 is 4.39 Å². The van der Waals surface area contributed by atoms with Gasteiger partial charge in [-0.15, -0.1) is 0 Å². The average molecular weight is 474 g/mol. The third-order valence-corrected chi connectivity index (χ3v) is 5.57. The first-order chi connectivity index (χ1) is 16.9. The predicted molar refractivity (Wildman–Crippen MR) is 131 cm³/mol. The molecule has 5 heteroatoms. The molecule has 0 atom stereocenters. The lowest BCUT2D eigenvalue weighted by Gasteiger charge is -2.07. The minimum absolute atomic E-state index is 0.157. The van der Waals surface area contributed by atoms with Crippen LogP contribution in [-0.4, -0.2) is 6.61 Å². The van der Waals surface area contributed by atoms with E-state index in [0.717, 1.165) is 41.5 Å². The summed E-state index contributed by atoms with van der Waals surface area (Å²) in [6.45, 7) is -1.11. The summed E-state index contributed by atoms with van der Waals surface area (Å²) in [6, 6.07) is 20.6. The highest BCUT2D eigenvalue weighted by atomic mass is 19.3. The molecule has 0 bridgehead atoms. The first-order valence-electron chi connectivity index (χ1n) is 11.1. The maximum atomic E-state index is 15.1. The Kier molecular flexibility index (Phi) is 7.52. The van der Waals surface area contributed by atoms with Crippen molar-refractivity contribution in [1.29, 1.82) is 0 Å². The van der Waals surface area contributed by atoms with Crippen LogP contribution >= 0.6 is 0 Å². The molecule has 4 aromatic carbocycles. The second-order valence-corrected chi connectivity index (χ2v) is 7.94. The molecule has 0 saturated carbocycles. The first-order valence-corrected chi connectivity index (χ1v) is 11.1. The second kappa shape index (κ2) is 10.9. The molecule has 0 saturated heterocycles. The smallest absolute Gasteiger partial charge is 0.387 e. The van der Waals surface area contributed by atoms with Crippen LogP contribution in [0.4, 0.5) is 17.6 Å². The summed E-state index contributed by atoms with van der Waals surface area (Å²) in [5.74, 6) is 3.36. The Balaban J connectivity index is 1.56. The summed E-state index contributed by atoms with van der Waals surface area (Å²) >= 11 is 0. The summed E-state index contributed by atoms with van der Waals surface area (Å²) in [7, 11) is 0. The van der Waals surface area contributed by atoms with E-state index in [1.807, 2.05) is 25.1 Å². The molecule has 0 aliphatic carbocycles. The molecule has 0 radical (unpaired) electrons. The number of hydrogen-bond donors (Lipinski definition) is 0. The van der Waals surface area contributed by atoms with Crippen molar-refractivity contribution in [2.24, 2.45) is 0 Å². The van der Waals surface area contributed by atoms with Crippen molar-refractivity contribution in [3.05, 3.63) is 113 Å². The number of fused-ring (bicyclic) bond motifs is 1. The van der Waals surface area contributed by atoms with E-state index in [1.165, 1.54) is 11.6 Å². The minimum atomic E-state index is -3.12. The maximum Gasteiger partial charge on any atom is 0.387 e. The highest BCUT2D eigenvalue weighted by Crippen LogP contribution is 2.28. The van der Waals surface area contributed by atoms with Gasteiger partial charge in [-0.3, -0.25) is 0 Å². The van der Waals surface area contributed by atoms with E-state index < -0.39 is 24.0 Å². The lowest BCUT2D eigenvalue weighted by atomic mass is 9.98. The number of rotatable bonds is 6. The van der Waals surface area contributed by atoms with Gasteiger partial charge in [0.25, 0.3) is 0 Å². The molecule has 0 amide bonds. The van der Waals surface area contributed by atoms with E-state index in [4.69, 9.17) is 0 Å². The van der Waals surface area contributed by atoms with Gasteiger partial charge in [-0.25, -0.2) is 8.78 Å². The Labute approximate surface area is 201 Å². The van der Waals surface area contributed by atoms with Crippen molar-refractivity contribution in [2.45, 2.75) is 26.4 Å². The van der Waals surface area contributed by atoms with Crippen LogP contribution in [0.25, 0.3) is 21.9 Å². The van der Waals surface area contributed by atoms with Crippen LogP contribution in [-0.2, 0) is 6.42 Å². The Morgan fingerprint density at radius 3 is 2.34 bits per heavy atom. The zero-order valence-electron chi connectivity index (χ0n) is 19.0. The van der Waals surface area contributed by atoms with Crippen molar-refractivity contribution in [3.63, 3.8) is 0 Å². The normalized spacial score (nSPS) is 11.1. The number of alkyl halides is 2. The standard InChI is InChI=1S/C30H22F4O/c1-2-3-4-5-20-6-10-22(11-7-20)24-15-16-26-25(19-24)14-13-23(29(26)32)12-8-21-9-17-28(27(31)18-21)35-30(33)34/h2-3,6-7,9-11,13-19,30H,4-5H2,1H3/b3-2+. The van der Waals surface area contributed by atoms with E-state index in [0.29, 0.717) is 5.39 Å². The van der Waals surface area contributed by atoms with Gasteiger partial charge < -0.3 is 4.74 Å². The number of allylic oxidation sites excluding steroid dienone is 2. The highest BCUT2D eigenvalue weighted by Gasteiger charge is 2.10. The molecule has 0 spiro atoms. The maximum absolute atomic E-state index is 15.1. The predicted octanol–water partition coefficient (Wildman–Crippen LogP) is 8.29. The van der Waals surface area contributed by atoms with Crippen molar-refractivity contribution in [1.82, 2.24) is 0 Å². The van der Waals surface area contributed by atoms with Gasteiger partial charge in [0.2, 0.25) is 0 Å². The molecule has 0 heterocycles. The molecule has 4 rings (SSSR count). The molecule has 0 aliphatic rings. The Bertz CT molecular complexity index is 1430. The molecule has 0 fully saturated rings. The van der Waals surface area contributed by atoms with Gasteiger partial charge in [0.1, 0.15) is 5.82 Å². The largest absolute Gasteiger partial charge is 0.432 e. The molecule has 0 aliphatic heterocycles. The number of aryl methyl sites for hydroxylation is 1. The lowest BCUT2D eigenvalue weighted by molar-refractivity contribution is -0.0521. The van der Waals surface area contributed by atoms with Crippen LogP contribution in [0.15, 0.2) is 84.9 Å². The van der Waals surface area contributed by atoms with Crippen LogP contribution in [0.5, 0.6) is 5.75 Å². The van der Waals surface area contributed by atoms with Gasteiger partial charge >= 0.3 is 6.61 Å². The molecule has 4 aromatic rings. The summed E-state index contributed by atoms with van der Waals surface area (Å²) in [5.41, 5.74) is 3.67.